The highest BCUT2D eigenvalue weighted by atomic mass is 35.5. The molecular weight excluding hydrogens is 381 g/mol. The van der Waals surface area contributed by atoms with Gasteiger partial charge in [0.2, 0.25) is 0 Å². The summed E-state index contributed by atoms with van der Waals surface area (Å²) in [6.45, 7) is 1.89. The first-order valence-electron chi connectivity index (χ1n) is 8.64. The molecule has 1 atom stereocenters. The van der Waals surface area contributed by atoms with Crippen LogP contribution < -0.4 is 5.32 Å². The van der Waals surface area contributed by atoms with Gasteiger partial charge in [0, 0.05) is 11.6 Å². The molecule has 0 spiro atoms. The summed E-state index contributed by atoms with van der Waals surface area (Å²) >= 11 is 6.02. The summed E-state index contributed by atoms with van der Waals surface area (Å²) in [4.78, 5) is 0. The highest BCUT2D eigenvalue weighted by Crippen LogP contribution is 2.25. The molecule has 0 aliphatic carbocycles. The topological polar surface area (TPSA) is 75.3 Å². The molecule has 2 aromatic carbocycles. The summed E-state index contributed by atoms with van der Waals surface area (Å²) in [5.74, 6) is 0.395. The van der Waals surface area contributed by atoms with E-state index in [1.807, 2.05) is 0 Å². The Morgan fingerprint density at radius 3 is 2.71 bits per heavy atom. The van der Waals surface area contributed by atoms with Crippen LogP contribution in [0.25, 0.3) is 17.0 Å². The summed E-state index contributed by atoms with van der Waals surface area (Å²) in [6, 6.07) is 16.8. The number of aromatic nitrogens is 4. The zero-order valence-corrected chi connectivity index (χ0v) is 15.7. The minimum absolute atomic E-state index is 0.197. The van der Waals surface area contributed by atoms with Gasteiger partial charge < -0.3 is 10.4 Å². The molecule has 0 saturated heterocycles. The Labute approximate surface area is 165 Å². The molecular formula is C20H17ClFN5O. The molecule has 2 aromatic heterocycles. The predicted molar refractivity (Wildman–Crippen MR) is 106 cm³/mol. The number of nitrogens with zero attached hydrogens (tertiary/aromatic N) is 4. The normalized spacial score (nSPS) is 13.4. The Hall–Kier alpha value is -3.03. The minimum Gasteiger partial charge on any atom is -0.384 e. The van der Waals surface area contributed by atoms with Crippen LogP contribution in [0.3, 0.4) is 0 Å². The van der Waals surface area contributed by atoms with Crippen molar-refractivity contribution in [2.75, 3.05) is 11.9 Å². The third-order valence-electron chi connectivity index (χ3n) is 4.44. The Kier molecular flexibility index (Phi) is 4.70. The molecule has 1 unspecified atom stereocenters. The van der Waals surface area contributed by atoms with Crippen LogP contribution in [0.5, 0.6) is 0 Å². The maximum atomic E-state index is 14.1. The van der Waals surface area contributed by atoms with E-state index in [2.05, 4.69) is 20.6 Å². The van der Waals surface area contributed by atoms with Gasteiger partial charge in [0.25, 0.3) is 0 Å². The molecule has 142 valence electrons. The third kappa shape index (κ3) is 3.54. The number of benzene rings is 2. The van der Waals surface area contributed by atoms with E-state index < -0.39 is 11.4 Å². The zero-order chi connectivity index (χ0) is 19.7. The highest BCUT2D eigenvalue weighted by Gasteiger charge is 2.23. The fraction of sp³-hybridized carbons (Fsp3) is 0.150. The highest BCUT2D eigenvalue weighted by molar-refractivity contribution is 6.30. The zero-order valence-electron chi connectivity index (χ0n) is 15.0. The maximum absolute atomic E-state index is 14.1. The first kappa shape index (κ1) is 18.3. The molecule has 2 heterocycles. The minimum atomic E-state index is -1.16. The molecule has 0 bridgehead atoms. The van der Waals surface area contributed by atoms with Gasteiger partial charge in [0.05, 0.1) is 5.56 Å². The van der Waals surface area contributed by atoms with Crippen molar-refractivity contribution in [1.29, 1.82) is 0 Å². The predicted octanol–water partition coefficient (Wildman–Crippen LogP) is 3.90. The average Bonchev–Trinajstić information content (AvgIpc) is 3.10. The third-order valence-corrected chi connectivity index (χ3v) is 4.67. The molecule has 8 heteroatoms. The van der Waals surface area contributed by atoms with Gasteiger partial charge in [-0.25, -0.2) is 4.39 Å². The van der Waals surface area contributed by atoms with Gasteiger partial charge in [0.1, 0.15) is 17.2 Å². The smallest absolute Gasteiger partial charge is 0.188 e. The number of aliphatic hydroxyl groups is 1. The lowest BCUT2D eigenvalue weighted by Crippen LogP contribution is -2.31. The second-order valence-corrected chi connectivity index (χ2v) is 7.07. The van der Waals surface area contributed by atoms with Crippen LogP contribution in [-0.4, -0.2) is 31.5 Å². The lowest BCUT2D eigenvalue weighted by molar-refractivity contribution is 0.0714. The standard InChI is InChI=1S/C20H17ClFN5O/c1-20(28,13-5-4-6-14(21)11-13)12-23-17-9-10-18-24-25-19(27(18)26-17)15-7-2-3-8-16(15)22/h2-11,28H,12H2,1H3,(H,23,26). The first-order valence-corrected chi connectivity index (χ1v) is 9.01. The van der Waals surface area contributed by atoms with Gasteiger partial charge >= 0.3 is 0 Å². The molecule has 0 aliphatic rings. The maximum Gasteiger partial charge on any atom is 0.188 e. The van der Waals surface area contributed by atoms with Gasteiger partial charge in [-0.3, -0.25) is 0 Å². The number of hydrogen-bond donors (Lipinski definition) is 2. The Morgan fingerprint density at radius 1 is 1.11 bits per heavy atom. The molecule has 4 rings (SSSR count). The van der Waals surface area contributed by atoms with Crippen LogP contribution in [0.4, 0.5) is 10.2 Å². The van der Waals surface area contributed by atoms with Crippen molar-refractivity contribution in [3.63, 3.8) is 0 Å². The van der Waals surface area contributed by atoms with E-state index in [0.717, 1.165) is 0 Å². The number of anilines is 1. The first-order chi connectivity index (χ1) is 13.4. The van der Waals surface area contributed by atoms with Crippen LogP contribution in [-0.2, 0) is 5.60 Å². The van der Waals surface area contributed by atoms with Crippen molar-refractivity contribution in [3.8, 4) is 11.4 Å². The SMILES string of the molecule is CC(O)(CNc1ccc2nnc(-c3ccccc3F)n2n1)c1cccc(Cl)c1. The summed E-state index contributed by atoms with van der Waals surface area (Å²) in [5, 5.41) is 27.0. The van der Waals surface area contributed by atoms with Crippen molar-refractivity contribution in [3.05, 3.63) is 77.1 Å². The summed E-state index contributed by atoms with van der Waals surface area (Å²) in [7, 11) is 0. The van der Waals surface area contributed by atoms with E-state index in [4.69, 9.17) is 11.6 Å². The second kappa shape index (κ2) is 7.18. The van der Waals surface area contributed by atoms with Crippen LogP contribution in [0.1, 0.15) is 12.5 Å². The lowest BCUT2D eigenvalue weighted by Gasteiger charge is -2.24. The summed E-state index contributed by atoms with van der Waals surface area (Å²) in [5.41, 5.74) is 0.323. The van der Waals surface area contributed by atoms with E-state index in [1.54, 1.807) is 61.5 Å². The molecule has 6 nitrogen and oxygen atoms in total. The molecule has 2 N–H and O–H groups in total. The molecule has 0 amide bonds. The number of rotatable bonds is 5. The van der Waals surface area contributed by atoms with Crippen LogP contribution in [0, 0.1) is 5.82 Å². The van der Waals surface area contributed by atoms with E-state index in [-0.39, 0.29) is 6.54 Å². The van der Waals surface area contributed by atoms with E-state index in [1.165, 1.54) is 10.6 Å². The fourth-order valence-electron chi connectivity index (χ4n) is 2.88. The lowest BCUT2D eigenvalue weighted by atomic mass is 9.96. The van der Waals surface area contributed by atoms with Gasteiger partial charge in [0.15, 0.2) is 11.5 Å². The van der Waals surface area contributed by atoms with Crippen molar-refractivity contribution in [1.82, 2.24) is 19.8 Å². The molecule has 28 heavy (non-hydrogen) atoms. The molecule has 4 aromatic rings. The van der Waals surface area contributed by atoms with Gasteiger partial charge in [-0.05, 0) is 48.9 Å². The number of fused-ring (bicyclic) bond motifs is 1. The monoisotopic (exact) mass is 397 g/mol. The Bertz CT molecular complexity index is 1140. The Morgan fingerprint density at radius 2 is 1.93 bits per heavy atom. The van der Waals surface area contributed by atoms with Gasteiger partial charge in [-0.2, -0.15) is 4.52 Å². The van der Waals surface area contributed by atoms with Crippen molar-refractivity contribution < 1.29 is 9.50 Å². The van der Waals surface area contributed by atoms with E-state index >= 15 is 0 Å². The molecule has 0 fully saturated rings. The second-order valence-electron chi connectivity index (χ2n) is 6.63. The Balaban J connectivity index is 1.62. The quantitative estimate of drug-likeness (QED) is 0.534. The van der Waals surface area contributed by atoms with Crippen molar-refractivity contribution in [2.24, 2.45) is 0 Å². The number of hydrogen-bond acceptors (Lipinski definition) is 5. The summed E-state index contributed by atoms with van der Waals surface area (Å²) in [6.07, 6.45) is 0. The number of halogens is 2. The molecule has 0 saturated carbocycles. The number of nitrogens with one attached hydrogen (secondary N) is 1. The molecule has 0 aliphatic heterocycles. The van der Waals surface area contributed by atoms with Crippen molar-refractivity contribution >= 4 is 23.1 Å². The fourth-order valence-corrected chi connectivity index (χ4v) is 3.07. The van der Waals surface area contributed by atoms with Crippen molar-refractivity contribution in [2.45, 2.75) is 12.5 Å². The van der Waals surface area contributed by atoms with Crippen LogP contribution >= 0.6 is 11.6 Å². The largest absolute Gasteiger partial charge is 0.384 e. The van der Waals surface area contributed by atoms with Crippen LogP contribution in [0.2, 0.25) is 5.02 Å². The van der Waals surface area contributed by atoms with E-state index in [9.17, 15) is 9.50 Å². The van der Waals surface area contributed by atoms with Crippen LogP contribution in [0.15, 0.2) is 60.7 Å². The summed E-state index contributed by atoms with van der Waals surface area (Å²) < 4.78 is 15.6. The molecule has 0 radical (unpaired) electrons. The van der Waals surface area contributed by atoms with E-state index in [0.29, 0.717) is 33.4 Å². The van der Waals surface area contributed by atoms with Gasteiger partial charge in [-0.15, -0.1) is 15.3 Å². The van der Waals surface area contributed by atoms with Gasteiger partial charge in [-0.1, -0.05) is 35.9 Å². The average molecular weight is 398 g/mol.